The van der Waals surface area contributed by atoms with E-state index < -0.39 is 0 Å². The Balaban J connectivity index is 1.62. The number of nitrogens with one attached hydrogen (secondary N) is 2. The SMILES string of the molecule is c1c[nH]c(SCCC2CNC2)n1. The minimum atomic E-state index is 0.910. The molecular weight excluding hydrogens is 170 g/mol. The summed E-state index contributed by atoms with van der Waals surface area (Å²) >= 11 is 1.81. The first kappa shape index (κ1) is 8.13. The summed E-state index contributed by atoms with van der Waals surface area (Å²) in [6, 6.07) is 0. The fourth-order valence-electron chi connectivity index (χ4n) is 1.20. The van der Waals surface area contributed by atoms with E-state index >= 15 is 0 Å². The third kappa shape index (κ3) is 2.01. The highest BCUT2D eigenvalue weighted by Gasteiger charge is 2.15. The van der Waals surface area contributed by atoms with Crippen molar-refractivity contribution in [2.45, 2.75) is 11.6 Å². The molecular formula is C8H13N3S. The van der Waals surface area contributed by atoms with Gasteiger partial charge in [-0.05, 0) is 25.4 Å². The molecule has 0 radical (unpaired) electrons. The van der Waals surface area contributed by atoms with Gasteiger partial charge in [0.2, 0.25) is 0 Å². The Labute approximate surface area is 76.4 Å². The van der Waals surface area contributed by atoms with Gasteiger partial charge in [-0.1, -0.05) is 11.8 Å². The number of thioether (sulfide) groups is 1. The van der Waals surface area contributed by atoms with Crippen LogP contribution in [0.1, 0.15) is 6.42 Å². The van der Waals surface area contributed by atoms with Crippen LogP contribution in [0.15, 0.2) is 17.6 Å². The van der Waals surface area contributed by atoms with Gasteiger partial charge in [0.05, 0.1) is 0 Å². The largest absolute Gasteiger partial charge is 0.340 e. The summed E-state index contributed by atoms with van der Waals surface area (Å²) in [5, 5.41) is 4.32. The lowest BCUT2D eigenvalue weighted by atomic mass is 10.0. The molecule has 1 aromatic rings. The smallest absolute Gasteiger partial charge is 0.165 e. The molecule has 2 N–H and O–H groups in total. The monoisotopic (exact) mass is 183 g/mol. The second-order valence-corrected chi connectivity index (χ2v) is 4.14. The van der Waals surface area contributed by atoms with Crippen molar-refractivity contribution in [3.8, 4) is 0 Å². The van der Waals surface area contributed by atoms with Crippen LogP contribution in [0.2, 0.25) is 0 Å². The normalized spacial score (nSPS) is 17.7. The van der Waals surface area contributed by atoms with Crippen LogP contribution in [-0.2, 0) is 0 Å². The predicted octanol–water partition coefficient (Wildman–Crippen LogP) is 1.11. The Morgan fingerprint density at radius 1 is 1.58 bits per heavy atom. The molecule has 12 heavy (non-hydrogen) atoms. The summed E-state index contributed by atoms with van der Waals surface area (Å²) in [5.41, 5.74) is 0. The maximum atomic E-state index is 4.15. The number of aromatic amines is 1. The third-order valence-electron chi connectivity index (χ3n) is 2.10. The van der Waals surface area contributed by atoms with Gasteiger partial charge in [0.1, 0.15) is 0 Å². The van der Waals surface area contributed by atoms with Crippen LogP contribution in [0.25, 0.3) is 0 Å². The van der Waals surface area contributed by atoms with Crippen LogP contribution in [0.4, 0.5) is 0 Å². The molecule has 0 unspecified atom stereocenters. The molecule has 1 aromatic heterocycles. The average Bonchev–Trinajstić information content (AvgIpc) is 2.46. The summed E-state index contributed by atoms with van der Waals surface area (Å²) in [7, 11) is 0. The maximum absolute atomic E-state index is 4.15. The Morgan fingerprint density at radius 2 is 2.50 bits per heavy atom. The zero-order chi connectivity index (χ0) is 8.23. The average molecular weight is 183 g/mol. The van der Waals surface area contributed by atoms with Crippen molar-refractivity contribution in [2.75, 3.05) is 18.8 Å². The molecule has 1 saturated heterocycles. The van der Waals surface area contributed by atoms with Crippen LogP contribution in [-0.4, -0.2) is 28.8 Å². The van der Waals surface area contributed by atoms with E-state index in [0.717, 1.165) is 11.1 Å². The minimum absolute atomic E-state index is 0.910. The topological polar surface area (TPSA) is 40.7 Å². The lowest BCUT2D eigenvalue weighted by Gasteiger charge is -2.26. The van der Waals surface area contributed by atoms with E-state index in [-0.39, 0.29) is 0 Å². The second kappa shape index (κ2) is 3.96. The van der Waals surface area contributed by atoms with Crippen LogP contribution in [0.5, 0.6) is 0 Å². The molecule has 3 nitrogen and oxygen atoms in total. The van der Waals surface area contributed by atoms with Crippen LogP contribution in [0, 0.1) is 5.92 Å². The van der Waals surface area contributed by atoms with Crippen LogP contribution < -0.4 is 5.32 Å². The van der Waals surface area contributed by atoms with E-state index in [2.05, 4.69) is 15.3 Å². The van der Waals surface area contributed by atoms with E-state index in [1.165, 1.54) is 25.3 Å². The van der Waals surface area contributed by atoms with Crippen molar-refractivity contribution >= 4 is 11.8 Å². The first-order chi connectivity index (χ1) is 5.95. The van der Waals surface area contributed by atoms with Gasteiger partial charge >= 0.3 is 0 Å². The zero-order valence-corrected chi connectivity index (χ0v) is 7.73. The number of imidazole rings is 1. The molecule has 2 rings (SSSR count). The van der Waals surface area contributed by atoms with Gasteiger partial charge in [-0.3, -0.25) is 0 Å². The van der Waals surface area contributed by atoms with Crippen molar-refractivity contribution in [3.05, 3.63) is 12.4 Å². The highest BCUT2D eigenvalue weighted by molar-refractivity contribution is 7.99. The molecule has 2 heterocycles. The number of hydrogen-bond acceptors (Lipinski definition) is 3. The van der Waals surface area contributed by atoms with Crippen LogP contribution >= 0.6 is 11.8 Å². The molecule has 0 aromatic carbocycles. The number of rotatable bonds is 4. The van der Waals surface area contributed by atoms with E-state index in [1.54, 1.807) is 6.20 Å². The quantitative estimate of drug-likeness (QED) is 0.687. The molecule has 0 amide bonds. The fourth-order valence-corrected chi connectivity index (χ4v) is 2.14. The summed E-state index contributed by atoms with van der Waals surface area (Å²) < 4.78 is 0. The molecule has 4 heteroatoms. The molecule has 0 saturated carbocycles. The molecule has 1 aliphatic heterocycles. The third-order valence-corrected chi connectivity index (χ3v) is 3.04. The number of hydrogen-bond donors (Lipinski definition) is 2. The first-order valence-corrected chi connectivity index (χ1v) is 5.26. The maximum Gasteiger partial charge on any atom is 0.165 e. The molecule has 0 bridgehead atoms. The molecule has 66 valence electrons. The Kier molecular flexibility index (Phi) is 2.68. The highest BCUT2D eigenvalue weighted by atomic mass is 32.2. The van der Waals surface area contributed by atoms with Gasteiger partial charge in [-0.15, -0.1) is 0 Å². The van der Waals surface area contributed by atoms with Gasteiger partial charge in [0, 0.05) is 18.1 Å². The predicted molar refractivity (Wildman–Crippen MR) is 50.3 cm³/mol. The van der Waals surface area contributed by atoms with Gasteiger partial charge in [-0.25, -0.2) is 4.98 Å². The second-order valence-electron chi connectivity index (χ2n) is 3.06. The van der Waals surface area contributed by atoms with Crippen LogP contribution in [0.3, 0.4) is 0 Å². The summed E-state index contributed by atoms with van der Waals surface area (Å²) in [6.45, 7) is 2.41. The molecule has 0 aliphatic carbocycles. The van der Waals surface area contributed by atoms with Gasteiger partial charge in [-0.2, -0.15) is 0 Å². The molecule has 0 atom stereocenters. The number of nitrogens with zero attached hydrogens (tertiary/aromatic N) is 1. The Bertz CT molecular complexity index is 218. The van der Waals surface area contributed by atoms with Crippen molar-refractivity contribution in [2.24, 2.45) is 5.92 Å². The Morgan fingerprint density at radius 3 is 3.08 bits per heavy atom. The van der Waals surface area contributed by atoms with Crippen molar-refractivity contribution < 1.29 is 0 Å². The zero-order valence-electron chi connectivity index (χ0n) is 6.92. The summed E-state index contributed by atoms with van der Waals surface area (Å²) in [6.07, 6.45) is 4.97. The highest BCUT2D eigenvalue weighted by Crippen LogP contribution is 2.17. The summed E-state index contributed by atoms with van der Waals surface area (Å²) in [5.74, 6) is 2.09. The first-order valence-electron chi connectivity index (χ1n) is 4.28. The Hall–Kier alpha value is -0.480. The number of aromatic nitrogens is 2. The molecule has 1 aliphatic rings. The number of H-pyrrole nitrogens is 1. The molecule has 0 spiro atoms. The lowest BCUT2D eigenvalue weighted by Crippen LogP contribution is -2.42. The van der Waals surface area contributed by atoms with E-state index in [0.29, 0.717) is 0 Å². The summed E-state index contributed by atoms with van der Waals surface area (Å²) in [4.78, 5) is 7.23. The van der Waals surface area contributed by atoms with Gasteiger partial charge < -0.3 is 10.3 Å². The fraction of sp³-hybridized carbons (Fsp3) is 0.625. The molecule has 1 fully saturated rings. The van der Waals surface area contributed by atoms with Gasteiger partial charge in [0.15, 0.2) is 5.16 Å². The van der Waals surface area contributed by atoms with E-state index in [9.17, 15) is 0 Å². The lowest BCUT2D eigenvalue weighted by molar-refractivity contribution is 0.341. The van der Waals surface area contributed by atoms with Gasteiger partial charge in [0.25, 0.3) is 0 Å². The van der Waals surface area contributed by atoms with Crippen molar-refractivity contribution in [3.63, 3.8) is 0 Å². The van der Waals surface area contributed by atoms with E-state index in [4.69, 9.17) is 0 Å². The standard InChI is InChI=1S/C8H13N3S/c1(7-5-9-6-7)4-12-8-10-2-3-11-8/h2-3,7,9H,1,4-6H2,(H,10,11). The van der Waals surface area contributed by atoms with Crippen molar-refractivity contribution in [1.29, 1.82) is 0 Å². The van der Waals surface area contributed by atoms with E-state index in [1.807, 2.05) is 18.0 Å². The van der Waals surface area contributed by atoms with Crippen molar-refractivity contribution in [1.82, 2.24) is 15.3 Å². The minimum Gasteiger partial charge on any atom is -0.340 e.